The molecule has 1 nitrogen and oxygen atoms in total. The van der Waals surface area contributed by atoms with E-state index in [0.29, 0.717) is 5.56 Å². The van der Waals surface area contributed by atoms with Gasteiger partial charge in [0.1, 0.15) is 5.75 Å². The van der Waals surface area contributed by atoms with Crippen molar-refractivity contribution >= 4 is 0 Å². The van der Waals surface area contributed by atoms with Gasteiger partial charge in [-0.2, -0.15) is 0 Å². The molecule has 0 radical (unpaired) electrons. The van der Waals surface area contributed by atoms with Crippen LogP contribution in [0.25, 0.3) is 0 Å². The smallest absolute Gasteiger partial charge is 0.406 e. The summed E-state index contributed by atoms with van der Waals surface area (Å²) in [4.78, 5) is 0. The second-order valence-electron chi connectivity index (χ2n) is 7.06. The van der Waals surface area contributed by atoms with Crippen LogP contribution >= 0.6 is 0 Å². The van der Waals surface area contributed by atoms with E-state index in [-0.39, 0.29) is 5.75 Å². The van der Waals surface area contributed by atoms with Crippen molar-refractivity contribution in [3.8, 4) is 17.6 Å². The van der Waals surface area contributed by atoms with E-state index in [9.17, 15) is 13.2 Å². The Labute approximate surface area is 158 Å². The van der Waals surface area contributed by atoms with Crippen LogP contribution in [0.2, 0.25) is 0 Å². The molecule has 0 saturated heterocycles. The first-order chi connectivity index (χ1) is 12.9. The summed E-state index contributed by atoms with van der Waals surface area (Å²) in [6.45, 7) is 2.23. The minimum Gasteiger partial charge on any atom is -0.406 e. The second kappa shape index (κ2) is 8.52. The quantitative estimate of drug-likeness (QED) is 0.574. The van der Waals surface area contributed by atoms with Crippen molar-refractivity contribution in [1.29, 1.82) is 0 Å². The first-order valence-corrected chi connectivity index (χ1v) is 9.42. The van der Waals surface area contributed by atoms with E-state index in [1.165, 1.54) is 61.1 Å². The topological polar surface area (TPSA) is 9.23 Å². The zero-order chi connectivity index (χ0) is 19.3. The molecule has 3 rings (SSSR count). The van der Waals surface area contributed by atoms with Gasteiger partial charge in [-0.3, -0.25) is 0 Å². The highest BCUT2D eigenvalue weighted by molar-refractivity contribution is 5.47. The number of fused-ring (bicyclic) bond motifs is 1. The molecule has 0 heterocycles. The predicted molar refractivity (Wildman–Crippen MR) is 101 cm³/mol. The van der Waals surface area contributed by atoms with Crippen LogP contribution < -0.4 is 4.74 Å². The Morgan fingerprint density at radius 2 is 1.70 bits per heavy atom. The summed E-state index contributed by atoms with van der Waals surface area (Å²) >= 11 is 0. The Morgan fingerprint density at radius 1 is 1.00 bits per heavy atom. The maximum atomic E-state index is 12.2. The maximum Gasteiger partial charge on any atom is 0.573 e. The minimum absolute atomic E-state index is 0.237. The normalized spacial score (nSPS) is 16.2. The Bertz CT molecular complexity index is 825. The maximum absolute atomic E-state index is 12.2. The molecule has 0 amide bonds. The molecule has 4 heteroatoms. The molecule has 1 atom stereocenters. The number of hydrogen-bond acceptors (Lipinski definition) is 1. The van der Waals surface area contributed by atoms with Crippen LogP contribution in [0.4, 0.5) is 13.2 Å². The van der Waals surface area contributed by atoms with Gasteiger partial charge in [0.25, 0.3) is 0 Å². The largest absolute Gasteiger partial charge is 0.573 e. The lowest BCUT2D eigenvalue weighted by molar-refractivity contribution is -0.274. The molecular formula is C23H23F3O. The first-order valence-electron chi connectivity index (χ1n) is 9.42. The number of rotatable bonds is 4. The summed E-state index contributed by atoms with van der Waals surface area (Å²) in [5, 5.41) is 0. The van der Waals surface area contributed by atoms with E-state index in [1.54, 1.807) is 0 Å². The van der Waals surface area contributed by atoms with Gasteiger partial charge in [0.15, 0.2) is 0 Å². The average molecular weight is 372 g/mol. The lowest BCUT2D eigenvalue weighted by Gasteiger charge is -2.24. The highest BCUT2D eigenvalue weighted by atomic mass is 19.4. The molecule has 2 aromatic rings. The molecule has 2 aromatic carbocycles. The molecular weight excluding hydrogens is 349 g/mol. The third-order valence-electron chi connectivity index (χ3n) is 4.94. The van der Waals surface area contributed by atoms with Gasteiger partial charge in [-0.1, -0.05) is 44.1 Å². The van der Waals surface area contributed by atoms with E-state index in [4.69, 9.17) is 0 Å². The van der Waals surface area contributed by atoms with E-state index >= 15 is 0 Å². The van der Waals surface area contributed by atoms with Gasteiger partial charge in [-0.05, 0) is 72.7 Å². The second-order valence-corrected chi connectivity index (χ2v) is 7.06. The van der Waals surface area contributed by atoms with Crippen LogP contribution in [0.3, 0.4) is 0 Å². The predicted octanol–water partition coefficient (Wildman–Crippen LogP) is 6.28. The molecule has 0 saturated carbocycles. The van der Waals surface area contributed by atoms with Crippen LogP contribution in [0.1, 0.15) is 54.9 Å². The monoisotopic (exact) mass is 372 g/mol. The number of ether oxygens (including phenoxy) is 1. The molecule has 27 heavy (non-hydrogen) atoms. The molecule has 0 spiro atoms. The zero-order valence-corrected chi connectivity index (χ0v) is 15.4. The molecule has 0 fully saturated rings. The van der Waals surface area contributed by atoms with Crippen molar-refractivity contribution in [2.24, 2.45) is 5.92 Å². The average Bonchev–Trinajstić information content (AvgIpc) is 2.64. The first kappa shape index (κ1) is 19.4. The Balaban J connectivity index is 1.66. The van der Waals surface area contributed by atoms with Gasteiger partial charge in [0, 0.05) is 11.1 Å². The van der Waals surface area contributed by atoms with E-state index in [2.05, 4.69) is 35.6 Å². The van der Waals surface area contributed by atoms with Crippen LogP contribution in [-0.4, -0.2) is 6.36 Å². The van der Waals surface area contributed by atoms with E-state index < -0.39 is 6.36 Å². The van der Waals surface area contributed by atoms with Crippen LogP contribution in [0.15, 0.2) is 42.5 Å². The molecule has 0 aromatic heterocycles. The van der Waals surface area contributed by atoms with Crippen molar-refractivity contribution in [3.63, 3.8) is 0 Å². The molecule has 0 bridgehead atoms. The number of hydrogen-bond donors (Lipinski definition) is 0. The van der Waals surface area contributed by atoms with Crippen molar-refractivity contribution in [3.05, 3.63) is 64.7 Å². The van der Waals surface area contributed by atoms with E-state index in [1.807, 2.05) is 6.07 Å². The molecule has 1 aliphatic carbocycles. The SMILES string of the molecule is CCCCC1CCc2cc(C#Cc3ccc(OC(F)(F)F)cc3)ccc2C1. The van der Waals surface area contributed by atoms with Gasteiger partial charge in [-0.25, -0.2) is 0 Å². The van der Waals surface area contributed by atoms with Crippen LogP contribution in [-0.2, 0) is 12.8 Å². The van der Waals surface area contributed by atoms with Gasteiger partial charge in [0.05, 0.1) is 0 Å². The van der Waals surface area contributed by atoms with Crippen molar-refractivity contribution in [2.75, 3.05) is 0 Å². The summed E-state index contributed by atoms with van der Waals surface area (Å²) in [7, 11) is 0. The Hall–Kier alpha value is -2.41. The van der Waals surface area contributed by atoms with Gasteiger partial charge in [0.2, 0.25) is 0 Å². The number of halogens is 3. The van der Waals surface area contributed by atoms with Gasteiger partial charge >= 0.3 is 6.36 Å². The molecule has 0 N–H and O–H groups in total. The zero-order valence-electron chi connectivity index (χ0n) is 15.4. The highest BCUT2D eigenvalue weighted by Crippen LogP contribution is 2.29. The summed E-state index contributed by atoms with van der Waals surface area (Å²) in [6, 6.07) is 12.0. The van der Waals surface area contributed by atoms with Crippen molar-refractivity contribution in [2.45, 2.75) is 51.8 Å². The summed E-state index contributed by atoms with van der Waals surface area (Å²) < 4.78 is 40.4. The Morgan fingerprint density at radius 3 is 2.41 bits per heavy atom. The molecule has 142 valence electrons. The van der Waals surface area contributed by atoms with Crippen molar-refractivity contribution in [1.82, 2.24) is 0 Å². The summed E-state index contributed by atoms with van der Waals surface area (Å²) in [5.74, 6) is 6.68. The van der Waals surface area contributed by atoms with Crippen molar-refractivity contribution < 1.29 is 17.9 Å². The third kappa shape index (κ3) is 5.79. The van der Waals surface area contributed by atoms with Crippen LogP contribution in [0.5, 0.6) is 5.75 Å². The lowest BCUT2D eigenvalue weighted by atomic mass is 9.81. The molecule has 1 aliphatic rings. The fourth-order valence-corrected chi connectivity index (χ4v) is 3.53. The lowest BCUT2D eigenvalue weighted by Crippen LogP contribution is -2.16. The highest BCUT2D eigenvalue weighted by Gasteiger charge is 2.30. The van der Waals surface area contributed by atoms with Gasteiger partial charge in [-0.15, -0.1) is 13.2 Å². The number of aryl methyl sites for hydroxylation is 1. The molecule has 1 unspecified atom stereocenters. The molecule has 0 aliphatic heterocycles. The Kier molecular flexibility index (Phi) is 6.11. The summed E-state index contributed by atoms with van der Waals surface area (Å²) in [5.41, 5.74) is 4.41. The fraction of sp³-hybridized carbons (Fsp3) is 0.391. The number of alkyl halides is 3. The minimum atomic E-state index is -4.67. The number of unbranched alkanes of at least 4 members (excludes halogenated alkanes) is 1. The standard InChI is InChI=1S/C23H23F3O/c1-2-3-4-18-7-11-21-16-19(8-12-20(21)15-18)6-5-17-9-13-22(14-10-17)27-23(24,25)26/h8-10,12-14,16,18H,2-4,7,11,15H2,1H3. The third-order valence-corrected chi connectivity index (χ3v) is 4.94. The fourth-order valence-electron chi connectivity index (χ4n) is 3.53. The van der Waals surface area contributed by atoms with E-state index in [0.717, 1.165) is 24.3 Å². The van der Waals surface area contributed by atoms with Gasteiger partial charge < -0.3 is 4.74 Å². The summed E-state index contributed by atoms with van der Waals surface area (Å²) in [6.07, 6.45) is 2.69. The van der Waals surface area contributed by atoms with Crippen LogP contribution in [0, 0.1) is 17.8 Å². The number of benzene rings is 2.